The molecular weight excluding hydrogens is 330 g/mol. The highest BCUT2D eigenvalue weighted by molar-refractivity contribution is 7.17. The van der Waals surface area contributed by atoms with E-state index in [1.165, 1.54) is 11.3 Å². The summed E-state index contributed by atoms with van der Waals surface area (Å²) in [6.45, 7) is 4.83. The summed E-state index contributed by atoms with van der Waals surface area (Å²) in [6.07, 6.45) is 2.69. The van der Waals surface area contributed by atoms with Crippen molar-refractivity contribution in [1.29, 1.82) is 0 Å². The second-order valence-electron chi connectivity index (χ2n) is 6.37. The molecular formula is C16H23N3O4S. The first-order valence-corrected chi connectivity index (χ1v) is 9.20. The van der Waals surface area contributed by atoms with Crippen molar-refractivity contribution in [2.75, 3.05) is 31.2 Å². The lowest BCUT2D eigenvalue weighted by Gasteiger charge is -2.26. The number of carbonyl (C=O) groups excluding carboxylic acids is 1. The number of aliphatic carboxylic acids is 1. The zero-order valence-electron chi connectivity index (χ0n) is 13.8. The van der Waals surface area contributed by atoms with Crippen LogP contribution in [0.3, 0.4) is 0 Å². The third kappa shape index (κ3) is 3.87. The standard InChI is InChI=1S/C16H23N3O4S/c1-10-13(24-16(17-10)19-6-8-23-9-7-19)14(20)18-12-4-2-11(3-5-12)15(21)22/h11-12H,2-9H2,1H3,(H,18,20)(H,21,22). The van der Waals surface area contributed by atoms with Gasteiger partial charge in [-0.3, -0.25) is 9.59 Å². The Morgan fingerprint density at radius 3 is 2.54 bits per heavy atom. The fourth-order valence-corrected chi connectivity index (χ4v) is 4.24. The van der Waals surface area contributed by atoms with Gasteiger partial charge in [0.1, 0.15) is 4.88 Å². The molecule has 1 aromatic rings. The van der Waals surface area contributed by atoms with Gasteiger partial charge in [0.2, 0.25) is 0 Å². The van der Waals surface area contributed by atoms with Crippen LogP contribution in [0, 0.1) is 12.8 Å². The van der Waals surface area contributed by atoms with Gasteiger partial charge in [0.25, 0.3) is 5.91 Å². The van der Waals surface area contributed by atoms with Crippen LogP contribution in [0.4, 0.5) is 5.13 Å². The molecule has 1 saturated heterocycles. The molecule has 8 heteroatoms. The van der Waals surface area contributed by atoms with Crippen LogP contribution in [0.25, 0.3) is 0 Å². The van der Waals surface area contributed by atoms with Gasteiger partial charge in [-0.25, -0.2) is 4.98 Å². The summed E-state index contributed by atoms with van der Waals surface area (Å²) in [5.74, 6) is -1.09. The molecule has 0 radical (unpaired) electrons. The van der Waals surface area contributed by atoms with Crippen LogP contribution < -0.4 is 10.2 Å². The number of anilines is 1. The molecule has 1 saturated carbocycles. The molecule has 2 fully saturated rings. The molecule has 24 heavy (non-hydrogen) atoms. The molecule has 2 heterocycles. The molecule has 2 aliphatic rings. The number of carboxylic acids is 1. The van der Waals surface area contributed by atoms with E-state index in [-0.39, 0.29) is 17.9 Å². The summed E-state index contributed by atoms with van der Waals surface area (Å²) in [6, 6.07) is 0.0569. The number of carbonyl (C=O) groups is 2. The van der Waals surface area contributed by atoms with Gasteiger partial charge in [-0.05, 0) is 32.6 Å². The van der Waals surface area contributed by atoms with Gasteiger partial charge in [-0.1, -0.05) is 11.3 Å². The summed E-state index contributed by atoms with van der Waals surface area (Å²) in [7, 11) is 0. The predicted octanol–water partition coefficient (Wildman–Crippen LogP) is 1.66. The highest BCUT2D eigenvalue weighted by Crippen LogP contribution is 2.28. The average Bonchev–Trinajstić information content (AvgIpc) is 2.98. The molecule has 1 aromatic heterocycles. The molecule has 0 aromatic carbocycles. The van der Waals surface area contributed by atoms with Crippen LogP contribution >= 0.6 is 11.3 Å². The van der Waals surface area contributed by atoms with E-state index in [1.54, 1.807) is 0 Å². The quantitative estimate of drug-likeness (QED) is 0.855. The Morgan fingerprint density at radius 2 is 1.92 bits per heavy atom. The number of nitrogens with one attached hydrogen (secondary N) is 1. The van der Waals surface area contributed by atoms with Gasteiger partial charge >= 0.3 is 5.97 Å². The van der Waals surface area contributed by atoms with Crippen molar-refractivity contribution in [1.82, 2.24) is 10.3 Å². The molecule has 132 valence electrons. The molecule has 0 spiro atoms. The zero-order valence-corrected chi connectivity index (χ0v) is 14.6. The first-order valence-electron chi connectivity index (χ1n) is 8.38. The van der Waals surface area contributed by atoms with Crippen molar-refractivity contribution in [2.45, 2.75) is 38.6 Å². The fraction of sp³-hybridized carbons (Fsp3) is 0.688. The summed E-state index contributed by atoms with van der Waals surface area (Å²) in [5.41, 5.74) is 0.748. The Bertz CT molecular complexity index is 604. The zero-order chi connectivity index (χ0) is 17.1. The molecule has 3 rings (SSSR count). The third-order valence-electron chi connectivity index (χ3n) is 4.68. The molecule has 1 aliphatic heterocycles. The molecule has 0 atom stereocenters. The number of nitrogens with zero attached hydrogens (tertiary/aromatic N) is 2. The molecule has 7 nitrogen and oxygen atoms in total. The normalized spacial score (nSPS) is 24.6. The van der Waals surface area contributed by atoms with Crippen LogP contribution in [-0.2, 0) is 9.53 Å². The molecule has 0 unspecified atom stereocenters. The van der Waals surface area contributed by atoms with E-state index in [1.807, 2.05) is 6.92 Å². The SMILES string of the molecule is Cc1nc(N2CCOCC2)sc1C(=O)NC1CCC(C(=O)O)CC1. The monoisotopic (exact) mass is 353 g/mol. The number of morpholine rings is 1. The lowest BCUT2D eigenvalue weighted by molar-refractivity contribution is -0.142. The number of hydrogen-bond donors (Lipinski definition) is 2. The van der Waals surface area contributed by atoms with Gasteiger partial charge in [-0.15, -0.1) is 0 Å². The molecule has 0 bridgehead atoms. The number of aryl methyl sites for hydroxylation is 1. The van der Waals surface area contributed by atoms with Crippen molar-refractivity contribution in [3.8, 4) is 0 Å². The van der Waals surface area contributed by atoms with Gasteiger partial charge in [0, 0.05) is 19.1 Å². The van der Waals surface area contributed by atoms with Crippen LogP contribution in [0.2, 0.25) is 0 Å². The largest absolute Gasteiger partial charge is 0.481 e. The highest BCUT2D eigenvalue weighted by atomic mass is 32.1. The second kappa shape index (κ2) is 7.48. The first-order chi connectivity index (χ1) is 11.5. The molecule has 2 N–H and O–H groups in total. The van der Waals surface area contributed by atoms with E-state index in [0.717, 1.165) is 36.8 Å². The molecule has 1 aliphatic carbocycles. The first kappa shape index (κ1) is 17.2. The van der Waals surface area contributed by atoms with Crippen LogP contribution in [0.1, 0.15) is 41.0 Å². The van der Waals surface area contributed by atoms with E-state index in [4.69, 9.17) is 9.84 Å². The number of thiazole rings is 1. The minimum atomic E-state index is -0.728. The fourth-order valence-electron chi connectivity index (χ4n) is 3.22. The lowest BCUT2D eigenvalue weighted by atomic mass is 9.86. The smallest absolute Gasteiger partial charge is 0.306 e. The number of aromatic nitrogens is 1. The van der Waals surface area contributed by atoms with Crippen molar-refractivity contribution < 1.29 is 19.4 Å². The van der Waals surface area contributed by atoms with E-state index < -0.39 is 5.97 Å². The van der Waals surface area contributed by atoms with E-state index in [9.17, 15) is 9.59 Å². The van der Waals surface area contributed by atoms with E-state index in [0.29, 0.717) is 30.9 Å². The molecule has 1 amide bonds. The van der Waals surface area contributed by atoms with Crippen molar-refractivity contribution in [3.63, 3.8) is 0 Å². The Balaban J connectivity index is 1.59. The number of ether oxygens (including phenoxy) is 1. The Hall–Kier alpha value is -1.67. The second-order valence-corrected chi connectivity index (χ2v) is 7.35. The average molecular weight is 353 g/mol. The van der Waals surface area contributed by atoms with Gasteiger partial charge in [-0.2, -0.15) is 0 Å². The van der Waals surface area contributed by atoms with Crippen LogP contribution in [-0.4, -0.2) is 54.3 Å². The van der Waals surface area contributed by atoms with Gasteiger partial charge in [0.05, 0.1) is 24.8 Å². The third-order valence-corrected chi connectivity index (χ3v) is 5.90. The number of rotatable bonds is 4. The van der Waals surface area contributed by atoms with Crippen LogP contribution in [0.15, 0.2) is 0 Å². The van der Waals surface area contributed by atoms with Crippen molar-refractivity contribution >= 4 is 28.3 Å². The minimum absolute atomic E-state index is 0.0569. The Kier molecular flexibility index (Phi) is 5.35. The Morgan fingerprint density at radius 1 is 1.25 bits per heavy atom. The van der Waals surface area contributed by atoms with Gasteiger partial charge < -0.3 is 20.1 Å². The minimum Gasteiger partial charge on any atom is -0.481 e. The maximum absolute atomic E-state index is 12.5. The summed E-state index contributed by atoms with van der Waals surface area (Å²) >= 11 is 1.42. The van der Waals surface area contributed by atoms with E-state index >= 15 is 0 Å². The van der Waals surface area contributed by atoms with Gasteiger partial charge in [0.15, 0.2) is 5.13 Å². The van der Waals surface area contributed by atoms with Crippen LogP contribution in [0.5, 0.6) is 0 Å². The summed E-state index contributed by atoms with van der Waals surface area (Å²) in [4.78, 5) is 30.9. The topological polar surface area (TPSA) is 91.8 Å². The highest BCUT2D eigenvalue weighted by Gasteiger charge is 2.28. The summed E-state index contributed by atoms with van der Waals surface area (Å²) < 4.78 is 5.35. The number of amides is 1. The number of hydrogen-bond acceptors (Lipinski definition) is 6. The maximum Gasteiger partial charge on any atom is 0.306 e. The lowest BCUT2D eigenvalue weighted by Crippen LogP contribution is -2.38. The summed E-state index contributed by atoms with van der Waals surface area (Å²) in [5, 5.41) is 13.0. The van der Waals surface area contributed by atoms with Crippen molar-refractivity contribution in [2.24, 2.45) is 5.92 Å². The number of carboxylic acid groups (broad SMARTS) is 1. The Labute approximate surface area is 145 Å². The maximum atomic E-state index is 12.5. The van der Waals surface area contributed by atoms with Crippen molar-refractivity contribution in [3.05, 3.63) is 10.6 Å². The predicted molar refractivity (Wildman–Crippen MR) is 90.7 cm³/mol. The van der Waals surface area contributed by atoms with E-state index in [2.05, 4.69) is 15.2 Å².